The van der Waals surface area contributed by atoms with Gasteiger partial charge in [-0.15, -0.1) is 10.2 Å². The van der Waals surface area contributed by atoms with Gasteiger partial charge in [0.15, 0.2) is 10.9 Å². The summed E-state index contributed by atoms with van der Waals surface area (Å²) >= 11 is 1.47. The number of thioether (sulfide) groups is 1. The van der Waals surface area contributed by atoms with Gasteiger partial charge in [-0.2, -0.15) is 0 Å². The lowest BCUT2D eigenvalue weighted by molar-refractivity contribution is 0.0993. The van der Waals surface area contributed by atoms with Crippen molar-refractivity contribution in [3.63, 3.8) is 0 Å². The van der Waals surface area contributed by atoms with Crippen molar-refractivity contribution in [2.24, 2.45) is 0 Å². The SMILES string of the molecule is Cc1ccc(-n2c(C)nnc2SC(C)C(=O)c2ccc3c(c2)CCC3)cc1. The second kappa shape index (κ2) is 7.31. The second-order valence-electron chi connectivity index (χ2n) is 7.16. The van der Waals surface area contributed by atoms with E-state index in [4.69, 9.17) is 0 Å². The number of rotatable bonds is 5. The molecular formula is C22H23N3OS. The highest BCUT2D eigenvalue weighted by molar-refractivity contribution is 8.00. The van der Waals surface area contributed by atoms with Gasteiger partial charge >= 0.3 is 0 Å². The average Bonchev–Trinajstić information content (AvgIpc) is 3.28. The zero-order valence-corrected chi connectivity index (χ0v) is 16.7. The Morgan fingerprint density at radius 1 is 1.04 bits per heavy atom. The van der Waals surface area contributed by atoms with Crippen molar-refractivity contribution in [1.29, 1.82) is 0 Å². The molecule has 1 aromatic heterocycles. The first-order valence-electron chi connectivity index (χ1n) is 9.34. The van der Waals surface area contributed by atoms with Gasteiger partial charge in [0, 0.05) is 11.3 Å². The molecule has 5 heteroatoms. The molecule has 3 aromatic rings. The molecule has 0 bridgehead atoms. The van der Waals surface area contributed by atoms with Crippen LogP contribution in [-0.4, -0.2) is 25.8 Å². The van der Waals surface area contributed by atoms with Crippen molar-refractivity contribution in [3.05, 3.63) is 70.5 Å². The van der Waals surface area contributed by atoms with Crippen molar-refractivity contribution >= 4 is 17.5 Å². The molecule has 138 valence electrons. The van der Waals surface area contributed by atoms with Gasteiger partial charge in [-0.05, 0) is 69.4 Å². The van der Waals surface area contributed by atoms with Crippen LogP contribution < -0.4 is 0 Å². The van der Waals surface area contributed by atoms with Crippen LogP contribution in [0.5, 0.6) is 0 Å². The lowest BCUT2D eigenvalue weighted by atomic mass is 10.0. The Hall–Kier alpha value is -2.40. The average molecular weight is 378 g/mol. The number of fused-ring (bicyclic) bond motifs is 1. The summed E-state index contributed by atoms with van der Waals surface area (Å²) in [5.74, 6) is 0.962. The van der Waals surface area contributed by atoms with Crippen molar-refractivity contribution in [2.45, 2.75) is 50.4 Å². The number of carbonyl (C=O) groups excluding carboxylic acids is 1. The van der Waals surface area contributed by atoms with Gasteiger partial charge in [0.1, 0.15) is 5.82 Å². The van der Waals surface area contributed by atoms with E-state index in [9.17, 15) is 4.79 Å². The molecular weight excluding hydrogens is 354 g/mol. The maximum absolute atomic E-state index is 13.0. The number of hydrogen-bond donors (Lipinski definition) is 0. The Labute approximate surface area is 164 Å². The minimum absolute atomic E-state index is 0.144. The first kappa shape index (κ1) is 18.0. The van der Waals surface area contributed by atoms with Gasteiger partial charge in [-0.3, -0.25) is 9.36 Å². The molecule has 1 aliphatic rings. The Morgan fingerprint density at radius 2 is 1.78 bits per heavy atom. The fraction of sp³-hybridized carbons (Fsp3) is 0.318. The Kier molecular flexibility index (Phi) is 4.87. The maximum atomic E-state index is 13.0. The van der Waals surface area contributed by atoms with E-state index in [-0.39, 0.29) is 11.0 Å². The molecule has 0 saturated heterocycles. The van der Waals surface area contributed by atoms with Crippen molar-refractivity contribution in [3.8, 4) is 5.69 Å². The molecule has 0 spiro atoms. The van der Waals surface area contributed by atoms with Crippen LogP contribution in [0.15, 0.2) is 47.6 Å². The number of Topliss-reactive ketones (excluding diaryl/α,β-unsaturated/α-hetero) is 1. The zero-order valence-electron chi connectivity index (χ0n) is 15.9. The largest absolute Gasteiger partial charge is 0.293 e. The first-order chi connectivity index (χ1) is 13.0. The number of aryl methyl sites for hydroxylation is 4. The van der Waals surface area contributed by atoms with E-state index in [2.05, 4.69) is 53.5 Å². The highest BCUT2D eigenvalue weighted by Crippen LogP contribution is 2.29. The third-order valence-corrected chi connectivity index (χ3v) is 6.16. The van der Waals surface area contributed by atoms with Crippen LogP contribution in [0.1, 0.15) is 46.2 Å². The molecule has 4 rings (SSSR count). The van der Waals surface area contributed by atoms with E-state index in [1.807, 2.05) is 24.5 Å². The number of aromatic nitrogens is 3. The van der Waals surface area contributed by atoms with Crippen LogP contribution >= 0.6 is 11.8 Å². The molecule has 4 nitrogen and oxygen atoms in total. The number of hydrogen-bond acceptors (Lipinski definition) is 4. The molecule has 0 fully saturated rings. The molecule has 1 atom stereocenters. The Balaban J connectivity index is 1.57. The number of carbonyl (C=O) groups is 1. The van der Waals surface area contributed by atoms with E-state index in [0.29, 0.717) is 0 Å². The molecule has 0 radical (unpaired) electrons. The quantitative estimate of drug-likeness (QED) is 0.476. The third kappa shape index (κ3) is 3.56. The lowest BCUT2D eigenvalue weighted by Crippen LogP contribution is -2.15. The van der Waals surface area contributed by atoms with Crippen molar-refractivity contribution < 1.29 is 4.79 Å². The normalized spacial score (nSPS) is 14.2. The van der Waals surface area contributed by atoms with Crippen LogP contribution in [0.4, 0.5) is 0 Å². The van der Waals surface area contributed by atoms with E-state index in [1.54, 1.807) is 0 Å². The molecule has 0 amide bonds. The summed E-state index contributed by atoms with van der Waals surface area (Å²) in [6, 6.07) is 14.4. The van der Waals surface area contributed by atoms with E-state index in [0.717, 1.165) is 35.1 Å². The Bertz CT molecular complexity index is 991. The van der Waals surface area contributed by atoms with Crippen LogP contribution in [0.3, 0.4) is 0 Å². The molecule has 2 aromatic carbocycles. The second-order valence-corrected chi connectivity index (χ2v) is 8.47. The topological polar surface area (TPSA) is 47.8 Å². The minimum atomic E-state index is -0.225. The van der Waals surface area contributed by atoms with Gasteiger partial charge in [0.05, 0.1) is 5.25 Å². The summed E-state index contributed by atoms with van der Waals surface area (Å²) in [4.78, 5) is 13.0. The predicted molar refractivity (Wildman–Crippen MR) is 109 cm³/mol. The summed E-state index contributed by atoms with van der Waals surface area (Å²) < 4.78 is 2.01. The summed E-state index contributed by atoms with van der Waals surface area (Å²) in [7, 11) is 0. The smallest absolute Gasteiger partial charge is 0.196 e. The lowest BCUT2D eigenvalue weighted by Gasteiger charge is -2.13. The van der Waals surface area contributed by atoms with Crippen LogP contribution in [0.2, 0.25) is 0 Å². The standard InChI is InChI=1S/C22H23N3OS/c1-14-7-11-20(12-8-14)25-16(3)23-24-22(25)27-15(2)21(26)19-10-9-17-5-4-6-18(17)13-19/h7-13,15H,4-6H2,1-3H3. The summed E-state index contributed by atoms with van der Waals surface area (Å²) in [5.41, 5.74) is 5.74. The molecule has 0 saturated carbocycles. The van der Waals surface area contributed by atoms with Gasteiger partial charge in [0.25, 0.3) is 0 Å². The van der Waals surface area contributed by atoms with E-state index >= 15 is 0 Å². The number of benzene rings is 2. The highest BCUT2D eigenvalue weighted by Gasteiger charge is 2.22. The van der Waals surface area contributed by atoms with Crippen LogP contribution in [0.25, 0.3) is 5.69 Å². The van der Waals surface area contributed by atoms with Gasteiger partial charge < -0.3 is 0 Å². The predicted octanol–water partition coefficient (Wildman–Crippen LogP) is 4.74. The molecule has 0 N–H and O–H groups in total. The fourth-order valence-corrected chi connectivity index (χ4v) is 4.57. The van der Waals surface area contributed by atoms with Gasteiger partial charge in [0.2, 0.25) is 0 Å². The van der Waals surface area contributed by atoms with Crippen LogP contribution in [0, 0.1) is 13.8 Å². The molecule has 27 heavy (non-hydrogen) atoms. The van der Waals surface area contributed by atoms with Crippen LogP contribution in [-0.2, 0) is 12.8 Å². The molecule has 1 unspecified atom stereocenters. The van der Waals surface area contributed by atoms with Crippen molar-refractivity contribution in [1.82, 2.24) is 14.8 Å². The molecule has 0 aliphatic heterocycles. The van der Waals surface area contributed by atoms with Crippen molar-refractivity contribution in [2.75, 3.05) is 0 Å². The highest BCUT2D eigenvalue weighted by atomic mass is 32.2. The summed E-state index contributed by atoms with van der Waals surface area (Å²) in [6.07, 6.45) is 3.40. The minimum Gasteiger partial charge on any atom is -0.293 e. The van der Waals surface area contributed by atoms with Gasteiger partial charge in [-0.25, -0.2) is 0 Å². The molecule has 1 heterocycles. The van der Waals surface area contributed by atoms with E-state index in [1.165, 1.54) is 34.9 Å². The number of ketones is 1. The maximum Gasteiger partial charge on any atom is 0.196 e. The monoisotopic (exact) mass is 377 g/mol. The summed E-state index contributed by atoms with van der Waals surface area (Å²) in [6.45, 7) is 5.95. The van der Waals surface area contributed by atoms with E-state index < -0.39 is 0 Å². The number of nitrogens with zero attached hydrogens (tertiary/aromatic N) is 3. The fourth-order valence-electron chi connectivity index (χ4n) is 3.58. The Morgan fingerprint density at radius 3 is 2.56 bits per heavy atom. The third-order valence-electron chi connectivity index (χ3n) is 5.12. The van der Waals surface area contributed by atoms with Gasteiger partial charge in [-0.1, -0.05) is 41.6 Å². The summed E-state index contributed by atoms with van der Waals surface area (Å²) in [5, 5.41) is 9.06. The zero-order chi connectivity index (χ0) is 19.0. The first-order valence-corrected chi connectivity index (χ1v) is 10.2. The molecule has 1 aliphatic carbocycles.